The summed E-state index contributed by atoms with van der Waals surface area (Å²) >= 11 is 5.99. The van der Waals surface area contributed by atoms with Crippen molar-refractivity contribution in [1.82, 2.24) is 20.3 Å². The molecule has 4 aromatic rings. The van der Waals surface area contributed by atoms with Crippen molar-refractivity contribution in [3.63, 3.8) is 0 Å². The Morgan fingerprint density at radius 3 is 2.76 bits per heavy atom. The summed E-state index contributed by atoms with van der Waals surface area (Å²) in [5.41, 5.74) is 2.32. The van der Waals surface area contributed by atoms with E-state index < -0.39 is 0 Å². The molecule has 0 unspecified atom stereocenters. The number of hydrogen-bond acceptors (Lipinski definition) is 7. The summed E-state index contributed by atoms with van der Waals surface area (Å²) in [7, 11) is 0. The van der Waals surface area contributed by atoms with E-state index in [-0.39, 0.29) is 0 Å². The number of nitrogens with zero attached hydrogens (tertiary/aromatic N) is 4. The van der Waals surface area contributed by atoms with E-state index in [0.717, 1.165) is 16.8 Å². The van der Waals surface area contributed by atoms with Crippen LogP contribution in [0.3, 0.4) is 0 Å². The molecule has 0 spiro atoms. The zero-order valence-electron chi connectivity index (χ0n) is 12.9. The molecule has 0 fully saturated rings. The van der Waals surface area contributed by atoms with Gasteiger partial charge in [-0.2, -0.15) is 4.98 Å². The van der Waals surface area contributed by atoms with E-state index in [4.69, 9.17) is 20.6 Å². The van der Waals surface area contributed by atoms with Crippen LogP contribution >= 0.6 is 11.6 Å². The van der Waals surface area contributed by atoms with E-state index in [9.17, 15) is 0 Å². The highest BCUT2D eigenvalue weighted by Gasteiger charge is 2.11. The molecule has 1 aromatic carbocycles. The fraction of sp³-hybridized carbons (Fsp3) is 0.0588. The van der Waals surface area contributed by atoms with Gasteiger partial charge in [-0.05, 0) is 24.3 Å². The van der Waals surface area contributed by atoms with E-state index in [1.54, 1.807) is 24.4 Å². The summed E-state index contributed by atoms with van der Waals surface area (Å²) in [6, 6.07) is 12.8. The van der Waals surface area contributed by atoms with Gasteiger partial charge in [-0.25, -0.2) is 4.98 Å². The summed E-state index contributed by atoms with van der Waals surface area (Å²) < 4.78 is 10.1. The van der Waals surface area contributed by atoms with E-state index in [1.165, 1.54) is 6.26 Å². The molecule has 0 saturated carbocycles. The normalized spacial score (nSPS) is 10.8. The minimum Gasteiger partial charge on any atom is -0.364 e. The highest BCUT2D eigenvalue weighted by Crippen LogP contribution is 2.24. The first-order valence-electron chi connectivity index (χ1n) is 7.47. The number of aromatic nitrogens is 4. The zero-order chi connectivity index (χ0) is 17.1. The Labute approximate surface area is 147 Å². The summed E-state index contributed by atoms with van der Waals surface area (Å²) in [6.07, 6.45) is 3.20. The third kappa shape index (κ3) is 3.51. The Morgan fingerprint density at radius 1 is 1.04 bits per heavy atom. The second-order valence-electron chi connectivity index (χ2n) is 5.21. The topological polar surface area (TPSA) is 89.9 Å². The smallest absolute Gasteiger partial charge is 0.259 e. The lowest BCUT2D eigenvalue weighted by molar-refractivity contribution is 0.412. The lowest BCUT2D eigenvalue weighted by Crippen LogP contribution is -2.01. The van der Waals surface area contributed by atoms with Crippen LogP contribution in [0.5, 0.6) is 0 Å². The Hall–Kier alpha value is -3.19. The van der Waals surface area contributed by atoms with Gasteiger partial charge in [-0.15, -0.1) is 0 Å². The molecule has 3 aromatic heterocycles. The Kier molecular flexibility index (Phi) is 4.14. The molecule has 8 heteroatoms. The van der Waals surface area contributed by atoms with Crippen molar-refractivity contribution in [2.24, 2.45) is 0 Å². The van der Waals surface area contributed by atoms with Crippen LogP contribution in [-0.4, -0.2) is 20.3 Å². The van der Waals surface area contributed by atoms with Crippen molar-refractivity contribution >= 4 is 17.4 Å². The predicted molar refractivity (Wildman–Crippen MR) is 91.8 cm³/mol. The standard InChI is InChI=1S/C17H12ClN5O2/c18-13-3-1-2-11(8-13)16-21-17(25-23-16)12-4-5-15(19-9-12)20-10-14-6-7-24-22-14/h1-9H,10H2,(H,19,20). The number of anilines is 1. The number of rotatable bonds is 5. The van der Waals surface area contributed by atoms with Crippen LogP contribution in [0.2, 0.25) is 5.02 Å². The van der Waals surface area contributed by atoms with Gasteiger partial charge in [-0.1, -0.05) is 34.0 Å². The first kappa shape index (κ1) is 15.3. The first-order valence-corrected chi connectivity index (χ1v) is 7.85. The van der Waals surface area contributed by atoms with E-state index >= 15 is 0 Å². The molecule has 1 N–H and O–H groups in total. The lowest BCUT2D eigenvalue weighted by Gasteiger charge is -2.02. The molecule has 0 aliphatic carbocycles. The van der Waals surface area contributed by atoms with Gasteiger partial charge in [0.05, 0.1) is 12.1 Å². The maximum atomic E-state index is 5.99. The molecule has 7 nitrogen and oxygen atoms in total. The van der Waals surface area contributed by atoms with Gasteiger partial charge < -0.3 is 14.4 Å². The van der Waals surface area contributed by atoms with Crippen molar-refractivity contribution in [3.8, 4) is 22.8 Å². The second kappa shape index (κ2) is 6.74. The first-order chi connectivity index (χ1) is 12.3. The maximum Gasteiger partial charge on any atom is 0.259 e. The fourth-order valence-corrected chi connectivity index (χ4v) is 2.41. The largest absolute Gasteiger partial charge is 0.364 e. The SMILES string of the molecule is Clc1cccc(-c2noc(-c3ccc(NCc4ccon4)nc3)n2)c1. The number of halogens is 1. The molecule has 3 heterocycles. The summed E-state index contributed by atoms with van der Waals surface area (Å²) in [4.78, 5) is 8.72. The zero-order valence-corrected chi connectivity index (χ0v) is 13.6. The average molecular weight is 354 g/mol. The van der Waals surface area contributed by atoms with Crippen LogP contribution in [0.25, 0.3) is 22.8 Å². The molecular formula is C17H12ClN5O2. The quantitative estimate of drug-likeness (QED) is 0.578. The van der Waals surface area contributed by atoms with Crippen molar-refractivity contribution in [3.05, 3.63) is 65.6 Å². The third-order valence-corrected chi connectivity index (χ3v) is 3.70. The predicted octanol–water partition coefficient (Wildman–Crippen LogP) is 4.05. The number of hydrogen-bond donors (Lipinski definition) is 1. The maximum absolute atomic E-state index is 5.99. The van der Waals surface area contributed by atoms with Crippen LogP contribution in [-0.2, 0) is 6.54 Å². The van der Waals surface area contributed by atoms with E-state index in [1.807, 2.05) is 24.3 Å². The molecule has 0 saturated heterocycles. The molecule has 0 bridgehead atoms. The number of nitrogens with one attached hydrogen (secondary N) is 1. The average Bonchev–Trinajstić information content (AvgIpc) is 3.32. The molecule has 0 amide bonds. The molecular weight excluding hydrogens is 342 g/mol. The second-order valence-corrected chi connectivity index (χ2v) is 5.65. The Balaban J connectivity index is 1.49. The molecule has 0 aliphatic rings. The number of pyridine rings is 1. The van der Waals surface area contributed by atoms with Crippen LogP contribution in [0, 0.1) is 0 Å². The number of benzene rings is 1. The minimum atomic E-state index is 0.394. The lowest BCUT2D eigenvalue weighted by atomic mass is 10.2. The van der Waals surface area contributed by atoms with Gasteiger partial charge in [0.1, 0.15) is 17.8 Å². The minimum absolute atomic E-state index is 0.394. The van der Waals surface area contributed by atoms with Gasteiger partial charge in [0.25, 0.3) is 5.89 Å². The molecule has 0 aliphatic heterocycles. The van der Waals surface area contributed by atoms with Gasteiger partial charge in [0.15, 0.2) is 0 Å². The van der Waals surface area contributed by atoms with E-state index in [2.05, 4.69) is 25.6 Å². The summed E-state index contributed by atoms with van der Waals surface area (Å²) in [6.45, 7) is 0.530. The van der Waals surface area contributed by atoms with Gasteiger partial charge >= 0.3 is 0 Å². The van der Waals surface area contributed by atoms with Crippen LogP contribution in [0.15, 0.2) is 64.0 Å². The van der Waals surface area contributed by atoms with Gasteiger partial charge in [-0.3, -0.25) is 0 Å². The molecule has 124 valence electrons. The fourth-order valence-electron chi connectivity index (χ4n) is 2.22. The monoisotopic (exact) mass is 353 g/mol. The third-order valence-electron chi connectivity index (χ3n) is 3.46. The highest BCUT2D eigenvalue weighted by molar-refractivity contribution is 6.30. The van der Waals surface area contributed by atoms with Crippen molar-refractivity contribution in [1.29, 1.82) is 0 Å². The van der Waals surface area contributed by atoms with Crippen LogP contribution < -0.4 is 5.32 Å². The van der Waals surface area contributed by atoms with Crippen LogP contribution in [0.1, 0.15) is 5.69 Å². The van der Waals surface area contributed by atoms with Crippen LogP contribution in [0.4, 0.5) is 5.82 Å². The van der Waals surface area contributed by atoms with Crippen molar-refractivity contribution < 1.29 is 9.05 Å². The summed E-state index contributed by atoms with van der Waals surface area (Å²) in [5.74, 6) is 1.58. The van der Waals surface area contributed by atoms with Crippen molar-refractivity contribution in [2.75, 3.05) is 5.32 Å². The Morgan fingerprint density at radius 2 is 2.00 bits per heavy atom. The molecule has 4 rings (SSSR count). The molecule has 0 atom stereocenters. The van der Waals surface area contributed by atoms with Gasteiger partial charge in [0, 0.05) is 22.8 Å². The Bertz CT molecular complexity index is 967. The highest BCUT2D eigenvalue weighted by atomic mass is 35.5. The van der Waals surface area contributed by atoms with Crippen molar-refractivity contribution in [2.45, 2.75) is 6.54 Å². The molecule has 25 heavy (non-hydrogen) atoms. The van der Waals surface area contributed by atoms with E-state index in [0.29, 0.717) is 29.1 Å². The van der Waals surface area contributed by atoms with Gasteiger partial charge in [0.2, 0.25) is 5.82 Å². The summed E-state index contributed by atoms with van der Waals surface area (Å²) in [5, 5.41) is 11.6. The molecule has 0 radical (unpaired) electrons.